The van der Waals surface area contributed by atoms with Crippen molar-refractivity contribution in [2.24, 2.45) is 0 Å². The molecule has 1 nitrogen and oxygen atoms in total. The van der Waals surface area contributed by atoms with E-state index in [0.29, 0.717) is 5.75 Å². The minimum absolute atomic E-state index is 0.220. The summed E-state index contributed by atoms with van der Waals surface area (Å²) < 4.78 is 0. The van der Waals surface area contributed by atoms with Crippen molar-refractivity contribution >= 4 is 17.5 Å². The number of ketones is 1. The van der Waals surface area contributed by atoms with E-state index >= 15 is 0 Å². The van der Waals surface area contributed by atoms with Gasteiger partial charge in [0.05, 0.1) is 5.75 Å². The average Bonchev–Trinajstić information content (AvgIpc) is 2.92. The zero-order chi connectivity index (χ0) is 14.8. The largest absolute Gasteiger partial charge is 0.293 e. The third kappa shape index (κ3) is 3.21. The minimum atomic E-state index is 0.220. The maximum absolute atomic E-state index is 12.4. The van der Waals surface area contributed by atoms with Gasteiger partial charge in [-0.2, -0.15) is 0 Å². The molecule has 0 radical (unpaired) electrons. The van der Waals surface area contributed by atoms with Crippen LogP contribution in [0.15, 0.2) is 41.3 Å². The molecule has 1 aliphatic carbocycles. The maximum atomic E-state index is 12.4. The van der Waals surface area contributed by atoms with E-state index in [0.717, 1.165) is 11.1 Å². The molecule has 2 aromatic carbocycles. The van der Waals surface area contributed by atoms with Crippen molar-refractivity contribution in [1.29, 1.82) is 0 Å². The van der Waals surface area contributed by atoms with E-state index < -0.39 is 0 Å². The average molecular weight is 296 g/mol. The van der Waals surface area contributed by atoms with Crippen molar-refractivity contribution in [2.75, 3.05) is 5.75 Å². The second-order valence-electron chi connectivity index (χ2n) is 5.81. The molecule has 0 bridgehead atoms. The van der Waals surface area contributed by atoms with E-state index in [2.05, 4.69) is 31.2 Å². The molecule has 0 spiro atoms. The topological polar surface area (TPSA) is 17.1 Å². The van der Waals surface area contributed by atoms with Gasteiger partial charge in [-0.1, -0.05) is 29.8 Å². The quantitative estimate of drug-likeness (QED) is 0.597. The number of hydrogen-bond donors (Lipinski definition) is 0. The Kier molecular flexibility index (Phi) is 4.16. The van der Waals surface area contributed by atoms with Crippen LogP contribution < -0.4 is 0 Å². The number of carbonyl (C=O) groups excluding carboxylic acids is 1. The molecule has 0 N–H and O–H groups in total. The van der Waals surface area contributed by atoms with Crippen LogP contribution in [-0.4, -0.2) is 11.5 Å². The fourth-order valence-corrected chi connectivity index (χ4v) is 3.83. The predicted molar refractivity (Wildman–Crippen MR) is 89.4 cm³/mol. The van der Waals surface area contributed by atoms with Gasteiger partial charge in [0.2, 0.25) is 0 Å². The highest BCUT2D eigenvalue weighted by molar-refractivity contribution is 8.00. The number of hydrogen-bond acceptors (Lipinski definition) is 2. The summed E-state index contributed by atoms with van der Waals surface area (Å²) in [6.07, 6.45) is 3.67. The first kappa shape index (κ1) is 14.4. The van der Waals surface area contributed by atoms with Crippen LogP contribution in [-0.2, 0) is 12.8 Å². The zero-order valence-corrected chi connectivity index (χ0v) is 13.4. The molecule has 0 saturated carbocycles. The molecular formula is C19H20OS. The van der Waals surface area contributed by atoms with Crippen molar-refractivity contribution in [1.82, 2.24) is 0 Å². The zero-order valence-electron chi connectivity index (χ0n) is 12.6. The van der Waals surface area contributed by atoms with Crippen LogP contribution in [0.5, 0.6) is 0 Å². The van der Waals surface area contributed by atoms with Crippen LogP contribution >= 0.6 is 11.8 Å². The van der Waals surface area contributed by atoms with E-state index in [9.17, 15) is 4.79 Å². The smallest absolute Gasteiger partial charge is 0.173 e. The summed E-state index contributed by atoms with van der Waals surface area (Å²) in [6.45, 7) is 4.07. The van der Waals surface area contributed by atoms with Gasteiger partial charge in [0.15, 0.2) is 5.78 Å². The molecule has 3 rings (SSSR count). The van der Waals surface area contributed by atoms with Crippen LogP contribution in [0, 0.1) is 13.8 Å². The van der Waals surface area contributed by atoms with Gasteiger partial charge in [0.25, 0.3) is 0 Å². The lowest BCUT2D eigenvalue weighted by molar-refractivity contribution is 0.102. The Hall–Kier alpha value is -1.54. The number of Topliss-reactive ketones (excluding diaryl/α,β-unsaturated/α-hetero) is 1. The Morgan fingerprint density at radius 2 is 1.86 bits per heavy atom. The van der Waals surface area contributed by atoms with Crippen molar-refractivity contribution in [3.63, 3.8) is 0 Å². The van der Waals surface area contributed by atoms with Gasteiger partial charge in [-0.15, -0.1) is 11.8 Å². The molecule has 0 atom stereocenters. The Morgan fingerprint density at radius 3 is 2.67 bits per heavy atom. The van der Waals surface area contributed by atoms with Gasteiger partial charge in [0, 0.05) is 10.5 Å². The van der Waals surface area contributed by atoms with E-state index in [1.807, 2.05) is 19.1 Å². The molecule has 0 unspecified atom stereocenters. The van der Waals surface area contributed by atoms with Crippen molar-refractivity contribution in [2.45, 2.75) is 38.0 Å². The lowest BCUT2D eigenvalue weighted by Gasteiger charge is -2.07. The number of thioether (sulfide) groups is 1. The SMILES string of the molecule is Cc1ccc(C(=O)CSc2ccc3c(c2)CCC3)c(C)c1. The van der Waals surface area contributed by atoms with E-state index in [1.54, 1.807) is 11.8 Å². The first-order valence-electron chi connectivity index (χ1n) is 7.48. The summed E-state index contributed by atoms with van der Waals surface area (Å²) in [7, 11) is 0. The first-order chi connectivity index (χ1) is 10.1. The number of carbonyl (C=O) groups is 1. The molecule has 108 valence electrons. The van der Waals surface area contributed by atoms with Crippen molar-refractivity contribution in [3.05, 3.63) is 64.2 Å². The van der Waals surface area contributed by atoms with E-state index in [1.165, 1.54) is 40.8 Å². The highest BCUT2D eigenvalue weighted by atomic mass is 32.2. The van der Waals surface area contributed by atoms with Gasteiger partial charge in [-0.05, 0) is 61.9 Å². The summed E-state index contributed by atoms with van der Waals surface area (Å²) in [6, 6.07) is 12.7. The molecule has 0 fully saturated rings. The molecule has 2 heteroatoms. The maximum Gasteiger partial charge on any atom is 0.173 e. The van der Waals surface area contributed by atoms with Crippen LogP contribution in [0.3, 0.4) is 0 Å². The minimum Gasteiger partial charge on any atom is -0.293 e. The molecule has 0 heterocycles. The fourth-order valence-electron chi connectivity index (χ4n) is 2.99. The Labute approximate surface area is 130 Å². The Balaban J connectivity index is 1.68. The highest BCUT2D eigenvalue weighted by Crippen LogP contribution is 2.28. The molecule has 0 amide bonds. The second-order valence-corrected chi connectivity index (χ2v) is 6.86. The summed E-state index contributed by atoms with van der Waals surface area (Å²) in [5.74, 6) is 0.737. The van der Waals surface area contributed by atoms with E-state index in [4.69, 9.17) is 0 Å². The molecule has 2 aromatic rings. The molecular weight excluding hydrogens is 276 g/mol. The Morgan fingerprint density at radius 1 is 1.05 bits per heavy atom. The third-order valence-corrected chi connectivity index (χ3v) is 5.12. The molecule has 21 heavy (non-hydrogen) atoms. The van der Waals surface area contributed by atoms with Crippen molar-refractivity contribution in [3.8, 4) is 0 Å². The summed E-state index contributed by atoms with van der Waals surface area (Å²) >= 11 is 1.65. The normalized spacial score (nSPS) is 13.2. The highest BCUT2D eigenvalue weighted by Gasteiger charge is 2.13. The summed E-state index contributed by atoms with van der Waals surface area (Å²) in [5.41, 5.74) is 6.10. The van der Waals surface area contributed by atoms with Crippen LogP contribution in [0.1, 0.15) is 39.0 Å². The Bertz CT molecular complexity index is 688. The van der Waals surface area contributed by atoms with Gasteiger partial charge in [0.1, 0.15) is 0 Å². The molecule has 0 aromatic heterocycles. The molecule has 1 aliphatic rings. The number of benzene rings is 2. The lowest BCUT2D eigenvalue weighted by atomic mass is 10.0. The van der Waals surface area contributed by atoms with Crippen LogP contribution in [0.4, 0.5) is 0 Å². The van der Waals surface area contributed by atoms with Gasteiger partial charge in [-0.25, -0.2) is 0 Å². The number of aryl methyl sites for hydroxylation is 4. The van der Waals surface area contributed by atoms with Gasteiger partial charge >= 0.3 is 0 Å². The lowest BCUT2D eigenvalue weighted by Crippen LogP contribution is -2.05. The van der Waals surface area contributed by atoms with E-state index in [-0.39, 0.29) is 5.78 Å². The van der Waals surface area contributed by atoms with Crippen LogP contribution in [0.25, 0.3) is 0 Å². The molecule has 0 saturated heterocycles. The second kappa shape index (κ2) is 6.07. The molecule has 0 aliphatic heterocycles. The number of fused-ring (bicyclic) bond motifs is 1. The summed E-state index contributed by atoms with van der Waals surface area (Å²) in [4.78, 5) is 13.6. The predicted octanol–water partition coefficient (Wildman–Crippen LogP) is 4.77. The first-order valence-corrected chi connectivity index (χ1v) is 8.47. The summed E-state index contributed by atoms with van der Waals surface area (Å²) in [5, 5.41) is 0. The monoisotopic (exact) mass is 296 g/mol. The number of rotatable bonds is 4. The standard InChI is InChI=1S/C19H20OS/c1-13-6-9-18(14(2)10-13)19(20)12-21-17-8-7-15-4-3-5-16(15)11-17/h6-11H,3-5,12H2,1-2H3. The fraction of sp³-hybridized carbons (Fsp3) is 0.316. The van der Waals surface area contributed by atoms with Crippen molar-refractivity contribution < 1.29 is 4.79 Å². The van der Waals surface area contributed by atoms with Gasteiger partial charge in [-0.3, -0.25) is 4.79 Å². The van der Waals surface area contributed by atoms with Gasteiger partial charge < -0.3 is 0 Å². The third-order valence-electron chi connectivity index (χ3n) is 4.12. The van der Waals surface area contributed by atoms with Crippen LogP contribution in [0.2, 0.25) is 0 Å².